The zero-order valence-corrected chi connectivity index (χ0v) is 16.2. The predicted octanol–water partition coefficient (Wildman–Crippen LogP) is 3.85. The first kappa shape index (κ1) is 19.0. The Morgan fingerprint density at radius 2 is 1.76 bits per heavy atom. The van der Waals surface area contributed by atoms with E-state index in [1.165, 1.54) is 11.1 Å². The fourth-order valence-corrected chi connectivity index (χ4v) is 3.88. The number of nitrogens with zero attached hydrogens (tertiary/aromatic N) is 1. The molecule has 1 atom stereocenters. The van der Waals surface area contributed by atoms with Crippen molar-refractivity contribution in [2.75, 3.05) is 6.54 Å². The molecule has 0 saturated heterocycles. The Labute approximate surface area is 170 Å². The summed E-state index contributed by atoms with van der Waals surface area (Å²) >= 11 is 0. The Morgan fingerprint density at radius 1 is 0.966 bits per heavy atom. The first-order chi connectivity index (χ1) is 14.2. The van der Waals surface area contributed by atoms with E-state index in [0.717, 1.165) is 12.0 Å². The third-order valence-corrected chi connectivity index (χ3v) is 5.32. The van der Waals surface area contributed by atoms with Gasteiger partial charge in [-0.15, -0.1) is 0 Å². The lowest BCUT2D eigenvalue weighted by Gasteiger charge is -2.38. The van der Waals surface area contributed by atoms with E-state index in [0.29, 0.717) is 18.8 Å². The van der Waals surface area contributed by atoms with E-state index in [2.05, 4.69) is 29.6 Å². The number of hydrogen-bond acceptors (Lipinski definition) is 3. The van der Waals surface area contributed by atoms with Crippen LogP contribution in [0.25, 0.3) is 0 Å². The van der Waals surface area contributed by atoms with Crippen LogP contribution >= 0.6 is 0 Å². The fourth-order valence-electron chi connectivity index (χ4n) is 3.88. The van der Waals surface area contributed by atoms with Gasteiger partial charge in [0.25, 0.3) is 0 Å². The highest BCUT2D eigenvalue weighted by Crippen LogP contribution is 2.35. The molecular formula is C24H24N2O3. The molecular weight excluding hydrogens is 364 g/mol. The van der Waals surface area contributed by atoms with Crippen molar-refractivity contribution in [2.45, 2.75) is 31.8 Å². The highest BCUT2D eigenvalue weighted by molar-refractivity contribution is 5.84. The number of nitrogens with one attached hydrogen (secondary N) is 1. The summed E-state index contributed by atoms with van der Waals surface area (Å²) in [4.78, 5) is 27.1. The second kappa shape index (κ2) is 8.78. The summed E-state index contributed by atoms with van der Waals surface area (Å²) in [6.45, 7) is 0.993. The molecule has 29 heavy (non-hydrogen) atoms. The van der Waals surface area contributed by atoms with Crippen molar-refractivity contribution in [2.24, 2.45) is 0 Å². The normalized spacial score (nSPS) is 15.6. The molecule has 1 aliphatic heterocycles. The molecule has 5 nitrogen and oxygen atoms in total. The van der Waals surface area contributed by atoms with Gasteiger partial charge in [-0.3, -0.25) is 9.59 Å². The maximum atomic E-state index is 13.1. The average Bonchev–Trinajstić information content (AvgIpc) is 3.29. The Morgan fingerprint density at radius 3 is 2.55 bits per heavy atom. The molecule has 1 aromatic heterocycles. The van der Waals surface area contributed by atoms with Crippen LogP contribution < -0.4 is 5.32 Å². The molecule has 2 aromatic carbocycles. The molecule has 0 spiro atoms. The maximum Gasteiger partial charge on any atom is 0.223 e. The minimum atomic E-state index is -0.150. The van der Waals surface area contributed by atoms with Gasteiger partial charge in [-0.2, -0.15) is 0 Å². The number of carbonyl (C=O) groups is 2. The zero-order chi connectivity index (χ0) is 20.1. The van der Waals surface area contributed by atoms with Gasteiger partial charge in [0.15, 0.2) is 0 Å². The van der Waals surface area contributed by atoms with E-state index in [1.54, 1.807) is 18.4 Å². The number of furan rings is 1. The van der Waals surface area contributed by atoms with Crippen LogP contribution in [0.2, 0.25) is 0 Å². The fraction of sp³-hybridized carbons (Fsp3) is 0.250. The molecule has 0 aliphatic carbocycles. The van der Waals surface area contributed by atoms with E-state index >= 15 is 0 Å². The minimum Gasteiger partial charge on any atom is -0.467 e. The van der Waals surface area contributed by atoms with Crippen LogP contribution in [0.15, 0.2) is 77.4 Å². The lowest BCUT2D eigenvalue weighted by Crippen LogP contribution is -2.41. The van der Waals surface area contributed by atoms with E-state index in [-0.39, 0.29) is 30.7 Å². The van der Waals surface area contributed by atoms with E-state index in [9.17, 15) is 9.59 Å². The van der Waals surface area contributed by atoms with Crippen molar-refractivity contribution in [3.63, 3.8) is 0 Å². The predicted molar refractivity (Wildman–Crippen MR) is 110 cm³/mol. The van der Waals surface area contributed by atoms with Gasteiger partial charge >= 0.3 is 0 Å². The number of carbonyl (C=O) groups excluding carboxylic acids is 2. The van der Waals surface area contributed by atoms with Crippen LogP contribution in [0, 0.1) is 0 Å². The van der Waals surface area contributed by atoms with E-state index < -0.39 is 0 Å². The summed E-state index contributed by atoms with van der Waals surface area (Å²) in [5, 5.41) is 2.80. The first-order valence-corrected chi connectivity index (χ1v) is 9.93. The summed E-state index contributed by atoms with van der Waals surface area (Å²) < 4.78 is 5.21. The smallest absolute Gasteiger partial charge is 0.223 e. The number of hydrogen-bond donors (Lipinski definition) is 1. The molecule has 4 rings (SSSR count). The van der Waals surface area contributed by atoms with Gasteiger partial charge in [0.05, 0.1) is 18.8 Å². The van der Waals surface area contributed by atoms with Gasteiger partial charge in [-0.1, -0.05) is 54.6 Å². The van der Waals surface area contributed by atoms with Crippen LogP contribution in [-0.4, -0.2) is 23.3 Å². The standard InChI is InChI=1S/C24H24N2O3/c27-22(25-17-20-10-6-16-29-20)12-13-23(28)26-15-14-18-7-4-5-11-21(18)24(26)19-8-2-1-3-9-19/h1-11,16,24H,12-15,17H2,(H,25,27)/t24-/m1/s1. The van der Waals surface area contributed by atoms with Gasteiger partial charge in [0.2, 0.25) is 11.8 Å². The molecule has 1 N–H and O–H groups in total. The van der Waals surface area contributed by atoms with Crippen molar-refractivity contribution in [1.82, 2.24) is 10.2 Å². The molecule has 5 heteroatoms. The Kier molecular flexibility index (Phi) is 5.75. The van der Waals surface area contributed by atoms with Gasteiger partial charge in [0, 0.05) is 19.4 Å². The van der Waals surface area contributed by atoms with Crippen molar-refractivity contribution in [3.05, 3.63) is 95.4 Å². The maximum absolute atomic E-state index is 13.1. The van der Waals surface area contributed by atoms with Crippen molar-refractivity contribution >= 4 is 11.8 Å². The molecule has 0 unspecified atom stereocenters. The van der Waals surface area contributed by atoms with Crippen LogP contribution in [0.1, 0.15) is 41.3 Å². The second-order valence-corrected chi connectivity index (χ2v) is 7.21. The summed E-state index contributed by atoms with van der Waals surface area (Å²) in [6.07, 6.45) is 2.76. The van der Waals surface area contributed by atoms with Crippen molar-refractivity contribution < 1.29 is 14.0 Å². The van der Waals surface area contributed by atoms with Crippen LogP contribution in [0.3, 0.4) is 0 Å². The Hall–Kier alpha value is -3.34. The molecule has 1 aliphatic rings. The number of rotatable bonds is 6. The summed E-state index contributed by atoms with van der Waals surface area (Å²) in [5.41, 5.74) is 3.54. The molecule has 0 radical (unpaired) electrons. The Bertz CT molecular complexity index is 967. The lowest BCUT2D eigenvalue weighted by molar-refractivity contribution is -0.135. The van der Waals surface area contributed by atoms with Gasteiger partial charge in [0.1, 0.15) is 5.76 Å². The lowest BCUT2D eigenvalue weighted by atomic mass is 9.88. The molecule has 2 heterocycles. The largest absolute Gasteiger partial charge is 0.467 e. The van der Waals surface area contributed by atoms with Gasteiger partial charge < -0.3 is 14.6 Å². The first-order valence-electron chi connectivity index (χ1n) is 9.93. The summed E-state index contributed by atoms with van der Waals surface area (Å²) in [6, 6.07) is 21.9. The van der Waals surface area contributed by atoms with E-state index in [4.69, 9.17) is 4.42 Å². The van der Waals surface area contributed by atoms with Gasteiger partial charge in [-0.05, 0) is 35.2 Å². The average molecular weight is 388 g/mol. The molecule has 2 amide bonds. The molecule has 0 fully saturated rings. The highest BCUT2D eigenvalue weighted by atomic mass is 16.3. The summed E-state index contributed by atoms with van der Waals surface area (Å²) in [5.74, 6) is 0.548. The summed E-state index contributed by atoms with van der Waals surface area (Å²) in [7, 11) is 0. The van der Waals surface area contributed by atoms with Crippen molar-refractivity contribution in [1.29, 1.82) is 0 Å². The molecule has 3 aromatic rings. The monoisotopic (exact) mass is 388 g/mol. The number of benzene rings is 2. The van der Waals surface area contributed by atoms with Gasteiger partial charge in [-0.25, -0.2) is 0 Å². The third-order valence-electron chi connectivity index (χ3n) is 5.32. The minimum absolute atomic E-state index is 0.00139. The van der Waals surface area contributed by atoms with Crippen molar-refractivity contribution in [3.8, 4) is 0 Å². The molecule has 0 saturated carbocycles. The SMILES string of the molecule is O=C(CCC(=O)N1CCc2ccccc2[C@H]1c1ccccc1)NCc1ccco1. The highest BCUT2D eigenvalue weighted by Gasteiger charge is 2.31. The quantitative estimate of drug-likeness (QED) is 0.698. The molecule has 0 bridgehead atoms. The number of amides is 2. The number of fused-ring (bicyclic) bond motifs is 1. The second-order valence-electron chi connectivity index (χ2n) is 7.21. The van der Waals surface area contributed by atoms with E-state index in [1.807, 2.05) is 35.2 Å². The Balaban J connectivity index is 1.44. The van der Waals surface area contributed by atoms with Crippen LogP contribution in [0.4, 0.5) is 0 Å². The topological polar surface area (TPSA) is 62.6 Å². The molecule has 148 valence electrons. The van der Waals surface area contributed by atoms with Crippen LogP contribution in [-0.2, 0) is 22.6 Å². The third kappa shape index (κ3) is 4.40. The zero-order valence-electron chi connectivity index (χ0n) is 16.2. The van der Waals surface area contributed by atoms with Crippen LogP contribution in [0.5, 0.6) is 0 Å².